The molecule has 3 aromatic carbocycles. The van der Waals surface area contributed by atoms with Crippen molar-refractivity contribution >= 4 is 0 Å². The van der Waals surface area contributed by atoms with Gasteiger partial charge in [0.2, 0.25) is 0 Å². The molecule has 6 heteroatoms. The highest BCUT2D eigenvalue weighted by Crippen LogP contribution is 2.31. The smallest absolute Gasteiger partial charge is 0.412 e. The molecule has 0 saturated carbocycles. The fourth-order valence-corrected chi connectivity index (χ4v) is 3.03. The van der Waals surface area contributed by atoms with Gasteiger partial charge in [-0.05, 0) is 46.4 Å². The van der Waals surface area contributed by atoms with Crippen LogP contribution in [0.25, 0.3) is 22.3 Å². The average molecular weight is 418 g/mol. The van der Waals surface area contributed by atoms with Gasteiger partial charge in [0.15, 0.2) is 17.4 Å². The van der Waals surface area contributed by atoms with E-state index in [2.05, 4.69) is 23.8 Å². The molecule has 0 fully saturated rings. The lowest BCUT2D eigenvalue weighted by atomic mass is 9.99. The molecular weight excluding hydrogens is 399 g/mol. The molecule has 3 aromatic rings. The standard InChI is InChI=1S/C24H19F5O/c1-2-3-16-4-6-17(7-5-16)18-8-10-19(11-9-18)20-14-21(25)23(22(26)15-20)30-13-12-24(27,28)29/h4-15H,2-3H2,1H3/b13-12+. The lowest BCUT2D eigenvalue weighted by Gasteiger charge is -2.09. The second-order valence-corrected chi connectivity index (χ2v) is 6.76. The van der Waals surface area contributed by atoms with Gasteiger partial charge < -0.3 is 4.74 Å². The van der Waals surface area contributed by atoms with Crippen molar-refractivity contribution in [1.82, 2.24) is 0 Å². The Morgan fingerprint density at radius 3 is 1.70 bits per heavy atom. The first-order chi connectivity index (χ1) is 14.3. The van der Waals surface area contributed by atoms with Gasteiger partial charge in [0.05, 0.1) is 12.3 Å². The van der Waals surface area contributed by atoms with Crippen LogP contribution in [0.3, 0.4) is 0 Å². The van der Waals surface area contributed by atoms with Gasteiger partial charge in [0.25, 0.3) is 0 Å². The Kier molecular flexibility index (Phi) is 6.55. The molecule has 0 aliphatic carbocycles. The molecule has 3 rings (SSSR count). The lowest BCUT2D eigenvalue weighted by molar-refractivity contribution is -0.0809. The van der Waals surface area contributed by atoms with Crippen LogP contribution in [-0.2, 0) is 6.42 Å². The van der Waals surface area contributed by atoms with Crippen molar-refractivity contribution in [1.29, 1.82) is 0 Å². The zero-order valence-electron chi connectivity index (χ0n) is 16.1. The van der Waals surface area contributed by atoms with Gasteiger partial charge in [-0.1, -0.05) is 61.9 Å². The topological polar surface area (TPSA) is 9.23 Å². The van der Waals surface area contributed by atoms with Gasteiger partial charge in [0, 0.05) is 0 Å². The minimum Gasteiger partial charge on any atom is -0.459 e. The third-order valence-corrected chi connectivity index (χ3v) is 4.49. The molecule has 0 heterocycles. The summed E-state index contributed by atoms with van der Waals surface area (Å²) in [6.45, 7) is 2.12. The van der Waals surface area contributed by atoms with E-state index in [-0.39, 0.29) is 17.9 Å². The Bertz CT molecular complexity index is 996. The fourth-order valence-electron chi connectivity index (χ4n) is 3.03. The van der Waals surface area contributed by atoms with Crippen LogP contribution in [0.5, 0.6) is 5.75 Å². The highest BCUT2D eigenvalue weighted by Gasteiger charge is 2.23. The number of halogens is 5. The summed E-state index contributed by atoms with van der Waals surface area (Å²) in [4.78, 5) is 0. The summed E-state index contributed by atoms with van der Waals surface area (Å²) in [7, 11) is 0. The summed E-state index contributed by atoms with van der Waals surface area (Å²) in [5.74, 6) is -3.07. The Morgan fingerprint density at radius 2 is 1.23 bits per heavy atom. The zero-order valence-corrected chi connectivity index (χ0v) is 16.1. The van der Waals surface area contributed by atoms with Crippen molar-refractivity contribution in [3.63, 3.8) is 0 Å². The predicted octanol–water partition coefficient (Wildman–Crippen LogP) is 7.71. The second kappa shape index (κ2) is 9.11. The van der Waals surface area contributed by atoms with Crippen LogP contribution in [0, 0.1) is 11.6 Å². The van der Waals surface area contributed by atoms with Crippen LogP contribution in [0.15, 0.2) is 73.0 Å². The van der Waals surface area contributed by atoms with Crippen LogP contribution in [0.2, 0.25) is 0 Å². The molecule has 0 saturated heterocycles. The number of ether oxygens (including phenoxy) is 1. The zero-order chi connectivity index (χ0) is 21.7. The van der Waals surface area contributed by atoms with Crippen LogP contribution < -0.4 is 4.74 Å². The molecule has 0 amide bonds. The molecule has 0 bridgehead atoms. The highest BCUT2D eigenvalue weighted by molar-refractivity contribution is 5.71. The van der Waals surface area contributed by atoms with Gasteiger partial charge >= 0.3 is 6.18 Å². The quantitative estimate of drug-likeness (QED) is 0.294. The van der Waals surface area contributed by atoms with Crippen molar-refractivity contribution in [3.05, 3.63) is 90.2 Å². The number of allylic oxidation sites excluding steroid dienone is 1. The molecule has 30 heavy (non-hydrogen) atoms. The fraction of sp³-hybridized carbons (Fsp3) is 0.167. The molecule has 0 atom stereocenters. The van der Waals surface area contributed by atoms with Crippen molar-refractivity contribution in [2.45, 2.75) is 25.9 Å². The van der Waals surface area contributed by atoms with Crippen LogP contribution in [0.4, 0.5) is 22.0 Å². The summed E-state index contributed by atoms with van der Waals surface area (Å²) >= 11 is 0. The summed E-state index contributed by atoms with van der Waals surface area (Å²) in [6.07, 6.45) is -2.58. The number of alkyl halides is 3. The monoisotopic (exact) mass is 418 g/mol. The van der Waals surface area contributed by atoms with Crippen LogP contribution in [-0.4, -0.2) is 6.18 Å². The number of rotatable bonds is 6. The minimum atomic E-state index is -4.63. The Balaban J connectivity index is 1.80. The van der Waals surface area contributed by atoms with E-state index in [4.69, 9.17) is 0 Å². The molecule has 156 valence electrons. The molecular formula is C24H19F5O. The maximum absolute atomic E-state index is 14.2. The Morgan fingerprint density at radius 1 is 0.767 bits per heavy atom. The SMILES string of the molecule is CCCc1ccc(-c2ccc(-c3cc(F)c(O/C=C/C(F)(F)F)c(F)c3)cc2)cc1. The maximum atomic E-state index is 14.2. The molecule has 0 aliphatic rings. The molecule has 0 aliphatic heterocycles. The summed E-state index contributed by atoms with van der Waals surface area (Å²) < 4.78 is 69.2. The average Bonchev–Trinajstić information content (AvgIpc) is 2.70. The van der Waals surface area contributed by atoms with Crippen LogP contribution in [0.1, 0.15) is 18.9 Å². The van der Waals surface area contributed by atoms with E-state index >= 15 is 0 Å². The highest BCUT2D eigenvalue weighted by atomic mass is 19.4. The van der Waals surface area contributed by atoms with Gasteiger partial charge in [-0.3, -0.25) is 0 Å². The molecule has 0 radical (unpaired) electrons. The van der Waals surface area contributed by atoms with E-state index < -0.39 is 23.6 Å². The summed E-state index contributed by atoms with van der Waals surface area (Å²) in [5, 5.41) is 0. The first kappa shape index (κ1) is 21.6. The van der Waals surface area contributed by atoms with Gasteiger partial charge in [-0.2, -0.15) is 13.2 Å². The van der Waals surface area contributed by atoms with E-state index in [1.165, 1.54) is 5.56 Å². The van der Waals surface area contributed by atoms with Crippen LogP contribution >= 0.6 is 0 Å². The molecule has 0 unspecified atom stereocenters. The number of hydrogen-bond donors (Lipinski definition) is 0. The van der Waals surface area contributed by atoms with E-state index in [0.717, 1.165) is 36.1 Å². The third-order valence-electron chi connectivity index (χ3n) is 4.49. The van der Waals surface area contributed by atoms with E-state index in [1.807, 2.05) is 24.3 Å². The van der Waals surface area contributed by atoms with Crippen molar-refractivity contribution in [3.8, 4) is 28.0 Å². The maximum Gasteiger partial charge on any atom is 0.412 e. The van der Waals surface area contributed by atoms with Gasteiger partial charge in [-0.25, -0.2) is 8.78 Å². The first-order valence-corrected chi connectivity index (χ1v) is 9.36. The number of benzene rings is 3. The number of hydrogen-bond acceptors (Lipinski definition) is 1. The van der Waals surface area contributed by atoms with Crippen molar-refractivity contribution in [2.24, 2.45) is 0 Å². The molecule has 0 N–H and O–H groups in total. The Hall–Kier alpha value is -3.15. The molecule has 0 aromatic heterocycles. The van der Waals surface area contributed by atoms with Crippen molar-refractivity contribution in [2.75, 3.05) is 0 Å². The largest absolute Gasteiger partial charge is 0.459 e. The van der Waals surface area contributed by atoms with E-state index in [0.29, 0.717) is 5.56 Å². The predicted molar refractivity (Wildman–Crippen MR) is 107 cm³/mol. The lowest BCUT2D eigenvalue weighted by Crippen LogP contribution is -2.02. The number of aryl methyl sites for hydroxylation is 1. The Labute approximate surface area is 171 Å². The second-order valence-electron chi connectivity index (χ2n) is 6.76. The minimum absolute atomic E-state index is 0.210. The van der Waals surface area contributed by atoms with E-state index in [9.17, 15) is 22.0 Å². The third kappa shape index (κ3) is 5.47. The van der Waals surface area contributed by atoms with Crippen molar-refractivity contribution < 1.29 is 26.7 Å². The summed E-state index contributed by atoms with van der Waals surface area (Å²) in [5.41, 5.74) is 4.06. The van der Waals surface area contributed by atoms with Gasteiger partial charge in [-0.15, -0.1) is 0 Å². The molecule has 0 spiro atoms. The molecule has 1 nitrogen and oxygen atoms in total. The van der Waals surface area contributed by atoms with Gasteiger partial charge in [0.1, 0.15) is 0 Å². The summed E-state index contributed by atoms with van der Waals surface area (Å²) in [6, 6.07) is 17.4. The first-order valence-electron chi connectivity index (χ1n) is 9.36. The van der Waals surface area contributed by atoms with E-state index in [1.54, 1.807) is 12.1 Å². The normalized spacial score (nSPS) is 11.8.